The third-order valence-electron chi connectivity index (χ3n) is 7.17. The zero-order valence-electron chi connectivity index (χ0n) is 18.0. The summed E-state index contributed by atoms with van der Waals surface area (Å²) in [5, 5.41) is 3.49. The highest BCUT2D eigenvalue weighted by molar-refractivity contribution is 5.85. The second kappa shape index (κ2) is 10.0. The Morgan fingerprint density at radius 2 is 1.70 bits per heavy atom. The van der Waals surface area contributed by atoms with Gasteiger partial charge in [0.2, 0.25) is 5.91 Å². The van der Waals surface area contributed by atoms with Gasteiger partial charge in [-0.15, -0.1) is 12.4 Å². The topological polar surface area (TPSA) is 55.9 Å². The number of rotatable bonds is 3. The minimum absolute atomic E-state index is 0. The standard InChI is InChI=1S/C23H34N4O2.ClH/c1-25(17-19-5-3-2-4-6-19)22(29)27-13-7-20(8-14-27)21(28)26-15-10-23(11-16-26)9-12-24-18-23;/h2-6,20,24H,7-18H2,1H3;1H. The van der Waals surface area contributed by atoms with Crippen molar-refractivity contribution in [1.29, 1.82) is 0 Å². The van der Waals surface area contributed by atoms with Gasteiger partial charge in [0.1, 0.15) is 0 Å². The Bertz CT molecular complexity index is 705. The first-order valence-corrected chi connectivity index (χ1v) is 11.1. The molecule has 3 saturated heterocycles. The fraction of sp³-hybridized carbons (Fsp3) is 0.652. The summed E-state index contributed by atoms with van der Waals surface area (Å²) in [6.45, 7) is 6.01. The Labute approximate surface area is 186 Å². The molecule has 1 N–H and O–H groups in total. The van der Waals surface area contributed by atoms with Crippen LogP contribution in [0, 0.1) is 11.3 Å². The van der Waals surface area contributed by atoms with E-state index in [0.717, 1.165) is 57.4 Å². The van der Waals surface area contributed by atoms with E-state index in [-0.39, 0.29) is 24.4 Å². The van der Waals surface area contributed by atoms with Crippen molar-refractivity contribution in [1.82, 2.24) is 20.0 Å². The van der Waals surface area contributed by atoms with E-state index < -0.39 is 0 Å². The average molecular weight is 435 g/mol. The molecule has 0 atom stereocenters. The molecule has 7 heteroatoms. The van der Waals surface area contributed by atoms with E-state index in [1.54, 1.807) is 4.90 Å². The summed E-state index contributed by atoms with van der Waals surface area (Å²) in [4.78, 5) is 31.5. The fourth-order valence-electron chi connectivity index (χ4n) is 5.17. The van der Waals surface area contributed by atoms with Gasteiger partial charge >= 0.3 is 6.03 Å². The zero-order valence-corrected chi connectivity index (χ0v) is 18.8. The van der Waals surface area contributed by atoms with Gasteiger partial charge in [0.15, 0.2) is 0 Å². The highest BCUT2D eigenvalue weighted by Crippen LogP contribution is 2.37. The normalized spacial score (nSPS) is 21.4. The molecule has 6 nitrogen and oxygen atoms in total. The van der Waals surface area contributed by atoms with Crippen LogP contribution in [0.2, 0.25) is 0 Å². The number of hydrogen-bond acceptors (Lipinski definition) is 3. The van der Waals surface area contributed by atoms with Crippen LogP contribution >= 0.6 is 12.4 Å². The lowest BCUT2D eigenvalue weighted by Gasteiger charge is -2.41. The number of carbonyl (C=O) groups is 2. The van der Waals surface area contributed by atoms with Crippen molar-refractivity contribution in [2.45, 2.75) is 38.6 Å². The summed E-state index contributed by atoms with van der Waals surface area (Å²) < 4.78 is 0. The molecule has 3 heterocycles. The maximum Gasteiger partial charge on any atom is 0.320 e. The minimum atomic E-state index is 0. The van der Waals surface area contributed by atoms with E-state index in [0.29, 0.717) is 31.0 Å². The van der Waals surface area contributed by atoms with Crippen molar-refractivity contribution >= 4 is 24.3 Å². The molecule has 1 aromatic carbocycles. The van der Waals surface area contributed by atoms with Gasteiger partial charge in [0.25, 0.3) is 0 Å². The summed E-state index contributed by atoms with van der Waals surface area (Å²) in [5.41, 5.74) is 1.57. The number of hydrogen-bond donors (Lipinski definition) is 1. The lowest BCUT2D eigenvalue weighted by Crippen LogP contribution is -2.50. The lowest BCUT2D eigenvalue weighted by atomic mass is 9.77. The minimum Gasteiger partial charge on any atom is -0.342 e. The molecule has 3 aliphatic rings. The molecule has 0 radical (unpaired) electrons. The van der Waals surface area contributed by atoms with Gasteiger partial charge in [0, 0.05) is 52.2 Å². The van der Waals surface area contributed by atoms with Gasteiger partial charge in [-0.2, -0.15) is 0 Å². The van der Waals surface area contributed by atoms with E-state index in [1.165, 1.54) is 6.42 Å². The van der Waals surface area contributed by atoms with Crippen LogP contribution in [0.4, 0.5) is 4.79 Å². The van der Waals surface area contributed by atoms with Crippen molar-refractivity contribution in [2.75, 3.05) is 46.3 Å². The maximum absolute atomic E-state index is 13.0. The summed E-state index contributed by atoms with van der Waals surface area (Å²) in [6.07, 6.45) is 5.09. The van der Waals surface area contributed by atoms with Crippen LogP contribution in [-0.2, 0) is 11.3 Å². The summed E-state index contributed by atoms with van der Waals surface area (Å²) in [5.74, 6) is 0.393. The van der Waals surface area contributed by atoms with Crippen LogP contribution in [0.1, 0.15) is 37.7 Å². The first-order valence-electron chi connectivity index (χ1n) is 11.1. The number of benzene rings is 1. The summed E-state index contributed by atoms with van der Waals surface area (Å²) >= 11 is 0. The van der Waals surface area contributed by atoms with Crippen molar-refractivity contribution in [2.24, 2.45) is 11.3 Å². The number of amides is 3. The number of likely N-dealkylation sites (tertiary alicyclic amines) is 2. The summed E-state index contributed by atoms with van der Waals surface area (Å²) in [7, 11) is 1.86. The first-order chi connectivity index (χ1) is 14.1. The van der Waals surface area contributed by atoms with E-state index in [4.69, 9.17) is 0 Å². The van der Waals surface area contributed by atoms with E-state index in [2.05, 4.69) is 10.2 Å². The highest BCUT2D eigenvalue weighted by atomic mass is 35.5. The van der Waals surface area contributed by atoms with E-state index in [9.17, 15) is 9.59 Å². The molecule has 1 spiro atoms. The van der Waals surface area contributed by atoms with Crippen LogP contribution in [0.15, 0.2) is 30.3 Å². The largest absolute Gasteiger partial charge is 0.342 e. The third kappa shape index (κ3) is 5.09. The third-order valence-corrected chi connectivity index (χ3v) is 7.17. The molecule has 4 rings (SSSR count). The number of carbonyl (C=O) groups excluding carboxylic acids is 2. The van der Waals surface area contributed by atoms with Crippen molar-refractivity contribution in [3.8, 4) is 0 Å². The molecule has 1 aromatic rings. The monoisotopic (exact) mass is 434 g/mol. The summed E-state index contributed by atoms with van der Waals surface area (Å²) in [6, 6.07) is 10.1. The van der Waals surface area contributed by atoms with E-state index >= 15 is 0 Å². The Morgan fingerprint density at radius 1 is 1.03 bits per heavy atom. The quantitative estimate of drug-likeness (QED) is 0.795. The number of urea groups is 1. The molecule has 0 saturated carbocycles. The molecule has 3 amide bonds. The van der Waals surface area contributed by atoms with Crippen LogP contribution < -0.4 is 5.32 Å². The van der Waals surface area contributed by atoms with E-state index in [1.807, 2.05) is 42.3 Å². The molecule has 166 valence electrons. The second-order valence-corrected chi connectivity index (χ2v) is 9.14. The first kappa shape index (κ1) is 22.9. The SMILES string of the molecule is CN(Cc1ccccc1)C(=O)N1CCC(C(=O)N2CCC3(CCNC3)CC2)CC1.Cl. The van der Waals surface area contributed by atoms with Crippen LogP contribution in [0.3, 0.4) is 0 Å². The molecule has 3 fully saturated rings. The van der Waals surface area contributed by atoms with Gasteiger partial charge in [-0.25, -0.2) is 4.79 Å². The van der Waals surface area contributed by atoms with Crippen LogP contribution in [0.25, 0.3) is 0 Å². The van der Waals surface area contributed by atoms with Gasteiger partial charge in [-0.1, -0.05) is 30.3 Å². The molecule has 0 bridgehead atoms. The van der Waals surface area contributed by atoms with Crippen molar-refractivity contribution < 1.29 is 9.59 Å². The Morgan fingerprint density at radius 3 is 2.30 bits per heavy atom. The van der Waals surface area contributed by atoms with Crippen LogP contribution in [0.5, 0.6) is 0 Å². The second-order valence-electron chi connectivity index (χ2n) is 9.14. The highest BCUT2D eigenvalue weighted by Gasteiger charge is 2.39. The van der Waals surface area contributed by atoms with Crippen molar-refractivity contribution in [3.05, 3.63) is 35.9 Å². The Balaban J connectivity index is 0.00000256. The number of piperidine rings is 2. The number of nitrogens with zero attached hydrogens (tertiary/aromatic N) is 3. The molecular formula is C23H35ClN4O2. The smallest absolute Gasteiger partial charge is 0.320 e. The van der Waals surface area contributed by atoms with Gasteiger partial charge in [-0.05, 0) is 49.6 Å². The fourth-order valence-corrected chi connectivity index (χ4v) is 5.17. The molecule has 0 aromatic heterocycles. The van der Waals surface area contributed by atoms with Gasteiger partial charge in [0.05, 0.1) is 0 Å². The predicted molar refractivity (Wildman–Crippen MR) is 121 cm³/mol. The maximum atomic E-state index is 13.0. The van der Waals surface area contributed by atoms with Crippen molar-refractivity contribution in [3.63, 3.8) is 0 Å². The van der Waals surface area contributed by atoms with Gasteiger partial charge < -0.3 is 20.0 Å². The zero-order chi connectivity index (χ0) is 20.3. The molecule has 0 aliphatic carbocycles. The Kier molecular flexibility index (Phi) is 7.64. The molecule has 3 aliphatic heterocycles. The Hall–Kier alpha value is -1.79. The predicted octanol–water partition coefficient (Wildman–Crippen LogP) is 2.97. The molecular weight excluding hydrogens is 400 g/mol. The van der Waals surface area contributed by atoms with Gasteiger partial charge in [-0.3, -0.25) is 4.79 Å². The van der Waals surface area contributed by atoms with Crippen LogP contribution in [-0.4, -0.2) is 73.0 Å². The number of halogens is 1. The average Bonchev–Trinajstić information content (AvgIpc) is 3.22. The lowest BCUT2D eigenvalue weighted by molar-refractivity contribution is -0.139. The number of nitrogens with one attached hydrogen (secondary N) is 1. The molecule has 30 heavy (non-hydrogen) atoms. The molecule has 0 unspecified atom stereocenters.